The molecule has 0 radical (unpaired) electrons. The highest BCUT2D eigenvalue weighted by atomic mass is 32.2. The van der Waals surface area contributed by atoms with Crippen molar-refractivity contribution in [3.8, 4) is 0 Å². The number of hydrogen-bond donors (Lipinski definition) is 1. The third-order valence-corrected chi connectivity index (χ3v) is 6.66. The van der Waals surface area contributed by atoms with Crippen LogP contribution in [0.2, 0.25) is 0 Å². The van der Waals surface area contributed by atoms with Crippen LogP contribution in [0.5, 0.6) is 0 Å². The van der Waals surface area contributed by atoms with Crippen LogP contribution in [0.4, 0.5) is 5.69 Å². The smallest absolute Gasteiger partial charge is 0.240 e. The van der Waals surface area contributed by atoms with Crippen molar-refractivity contribution in [2.45, 2.75) is 37.6 Å². The van der Waals surface area contributed by atoms with E-state index in [1.54, 1.807) is 23.2 Å². The molecule has 4 rings (SSSR count). The van der Waals surface area contributed by atoms with E-state index in [0.717, 1.165) is 37.2 Å². The molecular formula is C18H22N4O3S. The number of benzene rings is 1. The Labute approximate surface area is 153 Å². The van der Waals surface area contributed by atoms with Crippen molar-refractivity contribution in [1.29, 1.82) is 0 Å². The molecule has 1 N–H and O–H groups in total. The summed E-state index contributed by atoms with van der Waals surface area (Å²) in [6, 6.07) is 5.05. The number of carbonyl (C=O) groups excluding carboxylic acids is 1. The summed E-state index contributed by atoms with van der Waals surface area (Å²) in [7, 11) is -3.61. The van der Waals surface area contributed by atoms with Crippen LogP contribution in [-0.4, -0.2) is 37.0 Å². The number of fused-ring (bicyclic) bond motifs is 2. The van der Waals surface area contributed by atoms with Gasteiger partial charge < -0.3 is 9.47 Å². The SMILES string of the molecule is CC(=O)N1CCc2ccc(S(=O)(=O)NC[C@@H]3CCc4nccn4C3)cc21. The quantitative estimate of drug-likeness (QED) is 0.875. The fourth-order valence-corrected chi connectivity index (χ4v) is 4.90. The van der Waals surface area contributed by atoms with Crippen LogP contribution in [0.1, 0.15) is 24.7 Å². The van der Waals surface area contributed by atoms with Crippen molar-refractivity contribution in [3.63, 3.8) is 0 Å². The van der Waals surface area contributed by atoms with Gasteiger partial charge in [0.05, 0.1) is 4.90 Å². The predicted molar refractivity (Wildman–Crippen MR) is 97.4 cm³/mol. The van der Waals surface area contributed by atoms with Gasteiger partial charge in [-0.1, -0.05) is 6.07 Å². The Morgan fingerprint density at radius 1 is 1.35 bits per heavy atom. The molecule has 0 spiro atoms. The lowest BCUT2D eigenvalue weighted by Crippen LogP contribution is -2.33. The van der Waals surface area contributed by atoms with E-state index in [2.05, 4.69) is 14.3 Å². The number of sulfonamides is 1. The fourth-order valence-electron chi connectivity index (χ4n) is 3.77. The topological polar surface area (TPSA) is 84.3 Å². The Morgan fingerprint density at radius 2 is 2.19 bits per heavy atom. The van der Waals surface area contributed by atoms with Crippen molar-refractivity contribution in [2.24, 2.45) is 5.92 Å². The van der Waals surface area contributed by atoms with Gasteiger partial charge in [0.1, 0.15) is 5.82 Å². The molecule has 0 unspecified atom stereocenters. The Kier molecular flexibility index (Phi) is 4.32. The lowest BCUT2D eigenvalue weighted by Gasteiger charge is -2.24. The summed E-state index contributed by atoms with van der Waals surface area (Å²) in [6.45, 7) is 3.28. The molecular weight excluding hydrogens is 352 g/mol. The molecule has 2 aliphatic rings. The molecule has 2 aliphatic heterocycles. The highest BCUT2D eigenvalue weighted by molar-refractivity contribution is 7.89. The second-order valence-corrected chi connectivity index (χ2v) is 8.73. The van der Waals surface area contributed by atoms with Gasteiger partial charge in [-0.2, -0.15) is 0 Å². The van der Waals surface area contributed by atoms with Gasteiger partial charge in [-0.25, -0.2) is 18.1 Å². The van der Waals surface area contributed by atoms with Crippen LogP contribution < -0.4 is 9.62 Å². The predicted octanol–water partition coefficient (Wildman–Crippen LogP) is 1.33. The molecule has 1 aromatic heterocycles. The third-order valence-electron chi connectivity index (χ3n) is 5.24. The molecule has 8 heteroatoms. The average molecular weight is 374 g/mol. The lowest BCUT2D eigenvalue weighted by atomic mass is 10.00. The van der Waals surface area contributed by atoms with Gasteiger partial charge in [0.15, 0.2) is 0 Å². The molecule has 0 aliphatic carbocycles. The molecule has 0 fully saturated rings. The highest BCUT2D eigenvalue weighted by Crippen LogP contribution is 2.30. The van der Waals surface area contributed by atoms with E-state index in [0.29, 0.717) is 18.8 Å². The first-order valence-corrected chi connectivity index (χ1v) is 10.3. The number of anilines is 1. The van der Waals surface area contributed by atoms with Gasteiger partial charge in [-0.15, -0.1) is 0 Å². The summed E-state index contributed by atoms with van der Waals surface area (Å²) in [6.07, 6.45) is 6.27. The van der Waals surface area contributed by atoms with Crippen LogP contribution in [-0.2, 0) is 34.2 Å². The van der Waals surface area contributed by atoms with Crippen LogP contribution in [0, 0.1) is 5.92 Å². The molecule has 1 amide bonds. The van der Waals surface area contributed by atoms with E-state index in [1.807, 2.05) is 12.3 Å². The monoisotopic (exact) mass is 374 g/mol. The molecule has 26 heavy (non-hydrogen) atoms. The Balaban J connectivity index is 1.48. The Hall–Kier alpha value is -2.19. The van der Waals surface area contributed by atoms with E-state index in [4.69, 9.17) is 0 Å². The lowest BCUT2D eigenvalue weighted by molar-refractivity contribution is -0.116. The fraction of sp³-hybridized carbons (Fsp3) is 0.444. The zero-order valence-corrected chi connectivity index (χ0v) is 15.5. The van der Waals surface area contributed by atoms with Crippen LogP contribution in [0.25, 0.3) is 0 Å². The van der Waals surface area contributed by atoms with E-state index < -0.39 is 10.0 Å². The average Bonchev–Trinajstić information content (AvgIpc) is 3.25. The highest BCUT2D eigenvalue weighted by Gasteiger charge is 2.26. The molecule has 3 heterocycles. The normalized spacial score (nSPS) is 19.3. The number of rotatable bonds is 4. The van der Waals surface area contributed by atoms with Crippen molar-refractivity contribution < 1.29 is 13.2 Å². The van der Waals surface area contributed by atoms with E-state index in [1.165, 1.54) is 6.92 Å². The second kappa shape index (κ2) is 6.51. The van der Waals surface area contributed by atoms with Crippen molar-refractivity contribution >= 4 is 21.6 Å². The molecule has 7 nitrogen and oxygen atoms in total. The minimum atomic E-state index is -3.61. The first-order valence-electron chi connectivity index (χ1n) is 8.85. The molecule has 0 bridgehead atoms. The number of imidazole rings is 1. The largest absolute Gasteiger partial charge is 0.335 e. The van der Waals surface area contributed by atoms with Gasteiger partial charge in [-0.05, 0) is 36.5 Å². The third kappa shape index (κ3) is 3.14. The Bertz CT molecular complexity index is 951. The number of hydrogen-bond acceptors (Lipinski definition) is 4. The molecule has 1 atom stereocenters. The van der Waals surface area contributed by atoms with Crippen LogP contribution in [0.15, 0.2) is 35.5 Å². The van der Waals surface area contributed by atoms with Crippen LogP contribution in [0.3, 0.4) is 0 Å². The summed E-state index contributed by atoms with van der Waals surface area (Å²) in [5.74, 6) is 1.24. The summed E-state index contributed by atoms with van der Waals surface area (Å²) < 4.78 is 30.3. The molecule has 0 saturated carbocycles. The van der Waals surface area contributed by atoms with Gasteiger partial charge in [0, 0.05) is 51.1 Å². The summed E-state index contributed by atoms with van der Waals surface area (Å²) in [4.78, 5) is 17.9. The molecule has 1 aromatic carbocycles. The standard InChI is InChI=1S/C18H22N4O3S/c1-13(23)22-8-6-15-3-4-16(10-17(15)22)26(24,25)20-11-14-2-5-18-19-7-9-21(18)12-14/h3-4,7,9-10,14,20H,2,5-6,8,11-12H2,1H3/t14-/m0/s1. The van der Waals surface area contributed by atoms with Gasteiger partial charge in [0.25, 0.3) is 0 Å². The summed E-state index contributed by atoms with van der Waals surface area (Å²) >= 11 is 0. The van der Waals surface area contributed by atoms with Gasteiger partial charge >= 0.3 is 0 Å². The first-order chi connectivity index (χ1) is 12.4. The minimum absolute atomic E-state index is 0.0652. The maximum atomic E-state index is 12.7. The summed E-state index contributed by atoms with van der Waals surface area (Å²) in [5.41, 5.74) is 1.72. The summed E-state index contributed by atoms with van der Waals surface area (Å²) in [5, 5.41) is 0. The molecule has 2 aromatic rings. The van der Waals surface area contributed by atoms with Crippen molar-refractivity contribution in [1.82, 2.24) is 14.3 Å². The zero-order valence-electron chi connectivity index (χ0n) is 14.7. The van der Waals surface area contributed by atoms with E-state index in [9.17, 15) is 13.2 Å². The number of carbonyl (C=O) groups is 1. The molecule has 0 saturated heterocycles. The van der Waals surface area contributed by atoms with Crippen molar-refractivity contribution in [2.75, 3.05) is 18.0 Å². The van der Waals surface area contributed by atoms with Crippen LogP contribution >= 0.6 is 0 Å². The number of nitrogens with one attached hydrogen (secondary N) is 1. The maximum absolute atomic E-state index is 12.7. The zero-order chi connectivity index (χ0) is 18.3. The second-order valence-electron chi connectivity index (χ2n) is 6.96. The van der Waals surface area contributed by atoms with E-state index >= 15 is 0 Å². The molecule has 138 valence electrons. The Morgan fingerprint density at radius 3 is 3.00 bits per heavy atom. The number of aromatic nitrogens is 2. The number of nitrogens with zero attached hydrogens (tertiary/aromatic N) is 3. The van der Waals surface area contributed by atoms with Crippen molar-refractivity contribution in [3.05, 3.63) is 42.0 Å². The van der Waals surface area contributed by atoms with Gasteiger partial charge in [0.2, 0.25) is 15.9 Å². The van der Waals surface area contributed by atoms with Gasteiger partial charge in [-0.3, -0.25) is 4.79 Å². The number of amides is 1. The maximum Gasteiger partial charge on any atom is 0.240 e. The number of aryl methyl sites for hydroxylation is 1. The first kappa shape index (κ1) is 17.2. The minimum Gasteiger partial charge on any atom is -0.335 e. The van der Waals surface area contributed by atoms with E-state index in [-0.39, 0.29) is 16.7 Å².